The Morgan fingerprint density at radius 2 is 1.91 bits per heavy atom. The Morgan fingerprint density at radius 3 is 2.69 bits per heavy atom. The molecule has 0 saturated carbocycles. The molecule has 1 saturated heterocycles. The minimum atomic E-state index is -1.03. The largest absolute Gasteiger partial charge is 0.489 e. The topological polar surface area (TPSA) is 92.6 Å². The number of amides is 2. The third kappa shape index (κ3) is 4.53. The monoisotopic (exact) mass is 482 g/mol. The van der Waals surface area contributed by atoms with E-state index < -0.39 is 23.7 Å². The van der Waals surface area contributed by atoms with Crippen molar-refractivity contribution in [3.05, 3.63) is 65.7 Å². The maximum absolute atomic E-state index is 14.8. The van der Waals surface area contributed by atoms with Gasteiger partial charge in [-0.15, -0.1) is 5.10 Å². The van der Waals surface area contributed by atoms with E-state index >= 15 is 0 Å². The number of hydrogen-bond donors (Lipinski definition) is 1. The molecule has 0 radical (unpaired) electrons. The first-order chi connectivity index (χ1) is 16.9. The van der Waals surface area contributed by atoms with Crippen LogP contribution in [0.2, 0.25) is 0 Å². The summed E-state index contributed by atoms with van der Waals surface area (Å²) in [4.78, 5) is 33.0. The summed E-state index contributed by atoms with van der Waals surface area (Å²) >= 11 is 0. The van der Waals surface area contributed by atoms with Gasteiger partial charge in [0.15, 0.2) is 0 Å². The molecule has 2 aromatic carbocycles. The van der Waals surface area contributed by atoms with E-state index in [1.165, 1.54) is 35.1 Å². The number of nitrogens with one attached hydrogen (secondary N) is 1. The molecule has 2 amide bonds. The molecule has 3 aromatic rings. The van der Waals surface area contributed by atoms with Crippen LogP contribution >= 0.6 is 0 Å². The molecule has 0 spiro atoms. The number of carbonyl (C=O) groups excluding carboxylic acids is 2. The van der Waals surface area contributed by atoms with Crippen LogP contribution < -0.4 is 19.9 Å². The van der Waals surface area contributed by atoms with Gasteiger partial charge in [-0.3, -0.25) is 9.59 Å². The van der Waals surface area contributed by atoms with Gasteiger partial charge in [-0.1, -0.05) is 18.2 Å². The van der Waals surface area contributed by atoms with E-state index in [1.807, 2.05) is 4.90 Å². The average Bonchev–Trinajstić information content (AvgIpc) is 3.53. The first-order valence-corrected chi connectivity index (χ1v) is 11.3. The molecule has 35 heavy (non-hydrogen) atoms. The Hall–Kier alpha value is -4.02. The van der Waals surface area contributed by atoms with Crippen molar-refractivity contribution in [1.82, 2.24) is 20.1 Å². The number of anilines is 2. The SMILES string of the molecule is CN1C(=O)[C@@H](NC(=O)c2ncn(Cc3ccccc3F)n2)COc2cc(N3CCCC3)c(F)cc21. The van der Waals surface area contributed by atoms with Crippen molar-refractivity contribution in [3.8, 4) is 5.75 Å². The lowest BCUT2D eigenvalue weighted by molar-refractivity contribution is -0.120. The van der Waals surface area contributed by atoms with Crippen LogP contribution in [-0.4, -0.2) is 59.4 Å². The zero-order chi connectivity index (χ0) is 24.5. The molecule has 5 rings (SSSR count). The van der Waals surface area contributed by atoms with Gasteiger partial charge in [0.05, 0.1) is 17.9 Å². The Bertz CT molecular complexity index is 1270. The minimum absolute atomic E-state index is 0.0986. The molecule has 2 aliphatic rings. The average molecular weight is 482 g/mol. The Morgan fingerprint density at radius 1 is 1.14 bits per heavy atom. The number of nitrogens with zero attached hydrogens (tertiary/aromatic N) is 5. The first kappa shape index (κ1) is 22.8. The first-order valence-electron chi connectivity index (χ1n) is 11.3. The van der Waals surface area contributed by atoms with Gasteiger partial charge < -0.3 is 19.9 Å². The smallest absolute Gasteiger partial charge is 0.291 e. The van der Waals surface area contributed by atoms with Crippen LogP contribution in [0.3, 0.4) is 0 Å². The van der Waals surface area contributed by atoms with E-state index in [4.69, 9.17) is 4.74 Å². The Labute approximate surface area is 200 Å². The van der Waals surface area contributed by atoms with E-state index in [0.717, 1.165) is 25.9 Å². The normalized spacial score (nSPS) is 17.7. The quantitative estimate of drug-likeness (QED) is 0.600. The molecule has 2 aliphatic heterocycles. The second kappa shape index (κ2) is 9.32. The number of halogens is 2. The van der Waals surface area contributed by atoms with Crippen molar-refractivity contribution < 1.29 is 23.1 Å². The molecule has 3 heterocycles. The van der Waals surface area contributed by atoms with Crippen LogP contribution in [0.15, 0.2) is 42.7 Å². The zero-order valence-electron chi connectivity index (χ0n) is 19.1. The Balaban J connectivity index is 1.29. The second-order valence-electron chi connectivity index (χ2n) is 8.56. The van der Waals surface area contributed by atoms with Crippen LogP contribution in [0.4, 0.5) is 20.2 Å². The lowest BCUT2D eigenvalue weighted by atomic mass is 10.2. The molecule has 182 valence electrons. The van der Waals surface area contributed by atoms with E-state index in [1.54, 1.807) is 24.3 Å². The van der Waals surface area contributed by atoms with E-state index in [-0.39, 0.29) is 24.8 Å². The molecule has 0 aliphatic carbocycles. The van der Waals surface area contributed by atoms with E-state index in [2.05, 4.69) is 15.4 Å². The van der Waals surface area contributed by atoms with Crippen molar-refractivity contribution in [2.75, 3.05) is 36.5 Å². The maximum atomic E-state index is 14.8. The standard InChI is InChI=1S/C24H24F2N6O3/c1-30-20-10-17(26)19(31-8-4-5-9-31)11-21(20)35-13-18(24(30)34)28-23(33)22-27-14-32(29-22)12-15-6-2-3-7-16(15)25/h2-3,6-7,10-11,14,18H,4-5,8-9,12-13H2,1H3,(H,28,33)/t18-/m0/s1. The highest BCUT2D eigenvalue weighted by Crippen LogP contribution is 2.37. The van der Waals surface area contributed by atoms with Crippen molar-refractivity contribution >= 4 is 23.2 Å². The second-order valence-corrected chi connectivity index (χ2v) is 8.56. The van der Waals surface area contributed by atoms with Gasteiger partial charge in [0, 0.05) is 37.8 Å². The van der Waals surface area contributed by atoms with Gasteiger partial charge in [0.25, 0.3) is 11.8 Å². The summed E-state index contributed by atoms with van der Waals surface area (Å²) in [5, 5.41) is 6.68. The molecular weight excluding hydrogens is 458 g/mol. The minimum Gasteiger partial charge on any atom is -0.489 e. The van der Waals surface area contributed by atoms with Crippen molar-refractivity contribution in [1.29, 1.82) is 0 Å². The number of carbonyl (C=O) groups is 2. The van der Waals surface area contributed by atoms with Crippen molar-refractivity contribution in [2.24, 2.45) is 0 Å². The Kier molecular flexibility index (Phi) is 6.06. The fraction of sp³-hybridized carbons (Fsp3) is 0.333. The number of benzene rings is 2. The van der Waals surface area contributed by atoms with Gasteiger partial charge in [0.1, 0.15) is 36.4 Å². The molecule has 0 unspecified atom stereocenters. The van der Waals surface area contributed by atoms with Crippen LogP contribution in [0.1, 0.15) is 29.0 Å². The highest BCUT2D eigenvalue weighted by molar-refractivity contribution is 6.02. The summed E-state index contributed by atoms with van der Waals surface area (Å²) < 4.78 is 35.9. The third-order valence-electron chi connectivity index (χ3n) is 6.21. The molecule has 0 bridgehead atoms. The van der Waals surface area contributed by atoms with Crippen LogP contribution in [-0.2, 0) is 11.3 Å². The van der Waals surface area contributed by atoms with Gasteiger partial charge in [-0.25, -0.2) is 18.4 Å². The number of aromatic nitrogens is 3. The molecule has 1 atom stereocenters. The molecule has 1 N–H and O–H groups in total. The zero-order valence-corrected chi connectivity index (χ0v) is 19.1. The van der Waals surface area contributed by atoms with Gasteiger partial charge in [-0.2, -0.15) is 0 Å². The summed E-state index contributed by atoms with van der Waals surface area (Å²) in [6.45, 7) is 1.49. The fourth-order valence-electron chi connectivity index (χ4n) is 4.31. The van der Waals surface area contributed by atoms with E-state index in [9.17, 15) is 18.4 Å². The summed E-state index contributed by atoms with van der Waals surface area (Å²) in [5.74, 6) is -1.75. The van der Waals surface area contributed by atoms with Gasteiger partial charge in [0.2, 0.25) is 5.82 Å². The summed E-state index contributed by atoms with van der Waals surface area (Å²) in [6.07, 6.45) is 3.30. The maximum Gasteiger partial charge on any atom is 0.291 e. The summed E-state index contributed by atoms with van der Waals surface area (Å²) in [7, 11) is 1.51. The molecular formula is C24H24F2N6O3. The number of rotatable bonds is 5. The number of fused-ring (bicyclic) bond motifs is 1. The van der Waals surface area contributed by atoms with E-state index in [0.29, 0.717) is 22.7 Å². The third-order valence-corrected chi connectivity index (χ3v) is 6.21. The lowest BCUT2D eigenvalue weighted by Crippen LogP contribution is -2.49. The predicted molar refractivity (Wildman–Crippen MR) is 124 cm³/mol. The number of likely N-dealkylation sites (N-methyl/N-ethyl adjacent to an activating group) is 1. The highest BCUT2D eigenvalue weighted by atomic mass is 19.1. The molecule has 9 nitrogen and oxygen atoms in total. The summed E-state index contributed by atoms with van der Waals surface area (Å²) in [6, 6.07) is 8.11. The lowest BCUT2D eigenvalue weighted by Gasteiger charge is -2.23. The van der Waals surface area contributed by atoms with Gasteiger partial charge >= 0.3 is 0 Å². The van der Waals surface area contributed by atoms with Crippen LogP contribution in [0.25, 0.3) is 0 Å². The highest BCUT2D eigenvalue weighted by Gasteiger charge is 2.33. The number of ether oxygens (including phenoxy) is 1. The summed E-state index contributed by atoms with van der Waals surface area (Å²) in [5.41, 5.74) is 1.13. The van der Waals surface area contributed by atoms with Crippen LogP contribution in [0.5, 0.6) is 5.75 Å². The molecule has 1 aromatic heterocycles. The number of hydrogen-bond acceptors (Lipinski definition) is 6. The van der Waals surface area contributed by atoms with Gasteiger partial charge in [-0.05, 0) is 18.9 Å². The molecule has 1 fully saturated rings. The van der Waals surface area contributed by atoms with Crippen molar-refractivity contribution in [3.63, 3.8) is 0 Å². The predicted octanol–water partition coefficient (Wildman–Crippen LogP) is 2.36. The van der Waals surface area contributed by atoms with Crippen LogP contribution in [0, 0.1) is 11.6 Å². The molecule has 11 heteroatoms. The fourth-order valence-corrected chi connectivity index (χ4v) is 4.31. The van der Waals surface area contributed by atoms with Crippen molar-refractivity contribution in [2.45, 2.75) is 25.4 Å².